The number of unbranched alkanes of at least 4 members (excludes halogenated alkanes) is 1. The SMILES string of the molecule is O=CCCCNC=O. The van der Waals surface area contributed by atoms with Gasteiger partial charge in [0.2, 0.25) is 6.41 Å². The first-order valence-corrected chi connectivity index (χ1v) is 2.52. The lowest BCUT2D eigenvalue weighted by atomic mass is 10.3. The number of carbonyl (C=O) groups is 2. The van der Waals surface area contributed by atoms with Gasteiger partial charge in [-0.05, 0) is 6.42 Å². The molecule has 1 N–H and O–H groups in total. The van der Waals surface area contributed by atoms with Crippen LogP contribution in [0.2, 0.25) is 0 Å². The van der Waals surface area contributed by atoms with Crippen LogP contribution in [0.4, 0.5) is 0 Å². The Kier molecular flexibility index (Phi) is 5.48. The van der Waals surface area contributed by atoms with Gasteiger partial charge in [-0.15, -0.1) is 0 Å². The Hall–Kier alpha value is -0.860. The highest BCUT2D eigenvalue weighted by molar-refractivity contribution is 5.49. The highest BCUT2D eigenvalue weighted by Crippen LogP contribution is 1.77. The third kappa shape index (κ3) is 5.14. The van der Waals surface area contributed by atoms with E-state index >= 15 is 0 Å². The zero-order valence-corrected chi connectivity index (χ0v) is 4.59. The van der Waals surface area contributed by atoms with Crippen molar-refractivity contribution in [3.8, 4) is 0 Å². The molecule has 0 aromatic carbocycles. The minimum absolute atomic E-state index is 0.529. The van der Waals surface area contributed by atoms with Crippen molar-refractivity contribution in [2.45, 2.75) is 12.8 Å². The molecule has 0 spiro atoms. The van der Waals surface area contributed by atoms with Gasteiger partial charge >= 0.3 is 0 Å². The molecule has 3 heteroatoms. The molecule has 46 valence electrons. The Labute approximate surface area is 48.1 Å². The molecule has 0 aliphatic heterocycles. The normalized spacial score (nSPS) is 8.00. The van der Waals surface area contributed by atoms with Crippen molar-refractivity contribution in [1.29, 1.82) is 0 Å². The molecule has 0 aliphatic rings. The molecule has 0 unspecified atom stereocenters. The van der Waals surface area contributed by atoms with Crippen molar-refractivity contribution in [2.75, 3.05) is 6.54 Å². The summed E-state index contributed by atoms with van der Waals surface area (Å²) in [4.78, 5) is 19.2. The topological polar surface area (TPSA) is 46.2 Å². The number of hydrogen-bond donors (Lipinski definition) is 1. The fraction of sp³-hybridized carbons (Fsp3) is 0.600. The van der Waals surface area contributed by atoms with E-state index in [0.29, 0.717) is 19.4 Å². The first-order chi connectivity index (χ1) is 3.91. The van der Waals surface area contributed by atoms with Crippen molar-refractivity contribution in [3.05, 3.63) is 0 Å². The van der Waals surface area contributed by atoms with Crippen LogP contribution in [0.3, 0.4) is 0 Å². The van der Waals surface area contributed by atoms with E-state index < -0.39 is 0 Å². The standard InChI is InChI=1S/C5H9NO2/c7-4-2-1-3-6-5-8/h4-5H,1-3H2,(H,6,8). The van der Waals surface area contributed by atoms with E-state index in [-0.39, 0.29) is 0 Å². The van der Waals surface area contributed by atoms with E-state index in [1.807, 2.05) is 0 Å². The third-order valence-corrected chi connectivity index (χ3v) is 0.726. The maximum absolute atomic E-state index is 9.65. The van der Waals surface area contributed by atoms with E-state index in [2.05, 4.69) is 5.32 Å². The Morgan fingerprint density at radius 3 is 2.62 bits per heavy atom. The van der Waals surface area contributed by atoms with Gasteiger partial charge in [-0.2, -0.15) is 0 Å². The summed E-state index contributed by atoms with van der Waals surface area (Å²) in [5, 5.41) is 2.44. The summed E-state index contributed by atoms with van der Waals surface area (Å²) in [5.74, 6) is 0. The molecule has 3 nitrogen and oxygen atoms in total. The first-order valence-electron chi connectivity index (χ1n) is 2.52. The van der Waals surface area contributed by atoms with Crippen molar-refractivity contribution < 1.29 is 9.59 Å². The van der Waals surface area contributed by atoms with Gasteiger partial charge in [-0.25, -0.2) is 0 Å². The van der Waals surface area contributed by atoms with Crippen LogP contribution in [-0.2, 0) is 9.59 Å². The zero-order valence-electron chi connectivity index (χ0n) is 4.59. The van der Waals surface area contributed by atoms with Gasteiger partial charge < -0.3 is 10.1 Å². The Morgan fingerprint density at radius 1 is 1.38 bits per heavy atom. The van der Waals surface area contributed by atoms with Crippen LogP contribution in [-0.4, -0.2) is 19.2 Å². The summed E-state index contributed by atoms with van der Waals surface area (Å²) in [6, 6.07) is 0. The zero-order chi connectivity index (χ0) is 6.24. The van der Waals surface area contributed by atoms with Crippen molar-refractivity contribution in [3.63, 3.8) is 0 Å². The molecule has 0 bridgehead atoms. The Balaban J connectivity index is 2.71. The van der Waals surface area contributed by atoms with Gasteiger partial charge in [0.1, 0.15) is 6.29 Å². The van der Waals surface area contributed by atoms with Gasteiger partial charge in [0.25, 0.3) is 0 Å². The number of rotatable bonds is 5. The summed E-state index contributed by atoms with van der Waals surface area (Å²) < 4.78 is 0. The van der Waals surface area contributed by atoms with Gasteiger partial charge in [0, 0.05) is 13.0 Å². The molecular formula is C5H9NO2. The van der Waals surface area contributed by atoms with E-state index in [4.69, 9.17) is 0 Å². The molecule has 0 radical (unpaired) electrons. The molecule has 0 rings (SSSR count). The van der Waals surface area contributed by atoms with Crippen LogP contribution in [0.25, 0.3) is 0 Å². The van der Waals surface area contributed by atoms with Crippen LogP contribution in [0.15, 0.2) is 0 Å². The summed E-state index contributed by atoms with van der Waals surface area (Å²) in [6.45, 7) is 0.599. The lowest BCUT2D eigenvalue weighted by Gasteiger charge is -1.90. The minimum Gasteiger partial charge on any atom is -0.359 e. The fourth-order valence-electron chi connectivity index (χ4n) is 0.346. The third-order valence-electron chi connectivity index (χ3n) is 0.726. The summed E-state index contributed by atoms with van der Waals surface area (Å²) in [6.07, 6.45) is 2.74. The monoisotopic (exact) mass is 115 g/mol. The molecule has 0 fully saturated rings. The van der Waals surface area contributed by atoms with Crippen molar-refractivity contribution in [1.82, 2.24) is 5.32 Å². The van der Waals surface area contributed by atoms with Crippen LogP contribution >= 0.6 is 0 Å². The number of aldehydes is 1. The molecule has 0 aromatic rings. The molecule has 0 aromatic heterocycles. The summed E-state index contributed by atoms with van der Waals surface area (Å²) in [5.41, 5.74) is 0. The maximum Gasteiger partial charge on any atom is 0.207 e. The largest absolute Gasteiger partial charge is 0.359 e. The first kappa shape index (κ1) is 7.14. The summed E-state index contributed by atoms with van der Waals surface area (Å²) in [7, 11) is 0. The molecule has 0 aliphatic carbocycles. The number of amides is 1. The lowest BCUT2D eigenvalue weighted by molar-refractivity contribution is -0.110. The van der Waals surface area contributed by atoms with Gasteiger partial charge in [0.05, 0.1) is 0 Å². The van der Waals surface area contributed by atoms with Gasteiger partial charge in [-0.3, -0.25) is 4.79 Å². The second kappa shape index (κ2) is 6.14. The number of carbonyl (C=O) groups excluding carboxylic acids is 2. The predicted molar refractivity (Wildman–Crippen MR) is 29.4 cm³/mol. The molecule has 1 amide bonds. The highest BCUT2D eigenvalue weighted by atomic mass is 16.1. The quantitative estimate of drug-likeness (QED) is 0.395. The number of hydrogen-bond acceptors (Lipinski definition) is 2. The highest BCUT2D eigenvalue weighted by Gasteiger charge is 1.81. The minimum atomic E-state index is 0.529. The maximum atomic E-state index is 9.65. The molecule has 0 heterocycles. The summed E-state index contributed by atoms with van der Waals surface area (Å²) >= 11 is 0. The molecule has 8 heavy (non-hydrogen) atoms. The fourth-order valence-corrected chi connectivity index (χ4v) is 0.346. The number of nitrogens with one attached hydrogen (secondary N) is 1. The van der Waals surface area contributed by atoms with Crippen molar-refractivity contribution >= 4 is 12.7 Å². The smallest absolute Gasteiger partial charge is 0.207 e. The average molecular weight is 115 g/mol. The Morgan fingerprint density at radius 2 is 2.12 bits per heavy atom. The van der Waals surface area contributed by atoms with Crippen LogP contribution < -0.4 is 5.32 Å². The molecule has 0 saturated carbocycles. The van der Waals surface area contributed by atoms with E-state index in [1.165, 1.54) is 0 Å². The average Bonchev–Trinajstić information content (AvgIpc) is 1.81. The van der Waals surface area contributed by atoms with E-state index in [9.17, 15) is 9.59 Å². The van der Waals surface area contributed by atoms with E-state index in [0.717, 1.165) is 12.7 Å². The van der Waals surface area contributed by atoms with Crippen LogP contribution in [0.5, 0.6) is 0 Å². The van der Waals surface area contributed by atoms with Crippen LogP contribution in [0.1, 0.15) is 12.8 Å². The Bertz CT molecular complexity index is 62.8. The van der Waals surface area contributed by atoms with Crippen LogP contribution in [0, 0.1) is 0 Å². The van der Waals surface area contributed by atoms with Gasteiger partial charge in [-0.1, -0.05) is 0 Å². The molecule has 0 atom stereocenters. The predicted octanol–water partition coefficient (Wildman–Crippen LogP) is -0.289. The second-order valence-electron chi connectivity index (χ2n) is 1.38. The second-order valence-corrected chi connectivity index (χ2v) is 1.38. The van der Waals surface area contributed by atoms with E-state index in [1.54, 1.807) is 0 Å². The van der Waals surface area contributed by atoms with Gasteiger partial charge in [0.15, 0.2) is 0 Å². The lowest BCUT2D eigenvalue weighted by Crippen LogP contribution is -2.11. The van der Waals surface area contributed by atoms with Crippen molar-refractivity contribution in [2.24, 2.45) is 0 Å². The molecular weight excluding hydrogens is 106 g/mol. The molecule has 0 saturated heterocycles.